The van der Waals surface area contributed by atoms with Crippen molar-refractivity contribution >= 4 is 17.9 Å². The molecule has 0 rings (SSSR count). The molecule has 0 aromatic carbocycles. The summed E-state index contributed by atoms with van der Waals surface area (Å²) in [6.07, 6.45) is 57.5. The molecule has 0 aliphatic rings. The maximum atomic E-state index is 12.7. The monoisotopic (exact) mass is 809 g/mol. The van der Waals surface area contributed by atoms with Crippen LogP contribution in [-0.4, -0.2) is 37.2 Å². The predicted octanol–water partition coefficient (Wildman–Crippen LogP) is 15.5. The zero-order chi connectivity index (χ0) is 42.3. The highest BCUT2D eigenvalue weighted by molar-refractivity contribution is 5.71. The first-order valence-electron chi connectivity index (χ1n) is 23.9. The quantitative estimate of drug-likeness (QED) is 0.0264. The van der Waals surface area contributed by atoms with E-state index in [1.165, 1.54) is 83.5 Å². The molecule has 0 saturated heterocycles. The minimum Gasteiger partial charge on any atom is -0.462 e. The Balaban J connectivity index is 4.44. The molecule has 0 spiro atoms. The van der Waals surface area contributed by atoms with E-state index >= 15 is 0 Å². The van der Waals surface area contributed by atoms with Gasteiger partial charge in [0.15, 0.2) is 6.10 Å². The zero-order valence-corrected chi connectivity index (χ0v) is 37.8. The van der Waals surface area contributed by atoms with Crippen LogP contribution in [0.2, 0.25) is 0 Å². The summed E-state index contributed by atoms with van der Waals surface area (Å²) in [5.41, 5.74) is 0. The van der Waals surface area contributed by atoms with E-state index in [9.17, 15) is 14.4 Å². The summed E-state index contributed by atoms with van der Waals surface area (Å²) in [4.78, 5) is 37.8. The van der Waals surface area contributed by atoms with Crippen LogP contribution in [-0.2, 0) is 28.6 Å². The van der Waals surface area contributed by atoms with Crippen LogP contribution >= 0.6 is 0 Å². The van der Waals surface area contributed by atoms with Gasteiger partial charge in [0.25, 0.3) is 0 Å². The average molecular weight is 809 g/mol. The Kier molecular flexibility index (Phi) is 44.0. The van der Waals surface area contributed by atoms with Crippen LogP contribution in [0.3, 0.4) is 0 Å². The van der Waals surface area contributed by atoms with Crippen molar-refractivity contribution in [2.45, 2.75) is 226 Å². The highest BCUT2D eigenvalue weighted by Gasteiger charge is 2.19. The van der Waals surface area contributed by atoms with Gasteiger partial charge in [-0.05, 0) is 83.5 Å². The van der Waals surface area contributed by atoms with Crippen LogP contribution in [0.25, 0.3) is 0 Å². The Bertz CT molecular complexity index is 1110. The first kappa shape index (κ1) is 54.9. The topological polar surface area (TPSA) is 78.9 Å². The Labute approximate surface area is 357 Å². The number of hydrogen-bond acceptors (Lipinski definition) is 6. The second kappa shape index (κ2) is 46.5. The fourth-order valence-corrected chi connectivity index (χ4v) is 6.41. The molecule has 1 atom stereocenters. The number of esters is 3. The number of hydrogen-bond donors (Lipinski definition) is 0. The maximum absolute atomic E-state index is 12.7. The lowest BCUT2D eigenvalue weighted by molar-refractivity contribution is -0.167. The minimum absolute atomic E-state index is 0.102. The molecule has 0 aromatic heterocycles. The molecule has 58 heavy (non-hydrogen) atoms. The Morgan fingerprint density at radius 1 is 0.362 bits per heavy atom. The SMILES string of the molecule is CC/C=C\C/C=C\C/C=C\CCCCC(=O)OCC(COC(=O)CCCCCCCCCCCCCCCCCC)OC(=O)CCCC/C=C\C/C=C\C/C=C\CC. The molecule has 0 aliphatic heterocycles. The molecule has 0 heterocycles. The van der Waals surface area contributed by atoms with Crippen molar-refractivity contribution < 1.29 is 28.6 Å². The van der Waals surface area contributed by atoms with Gasteiger partial charge in [0.05, 0.1) is 0 Å². The van der Waals surface area contributed by atoms with Crippen LogP contribution in [0.15, 0.2) is 72.9 Å². The van der Waals surface area contributed by atoms with Gasteiger partial charge in [0.1, 0.15) is 13.2 Å². The van der Waals surface area contributed by atoms with Crippen LogP contribution in [0.4, 0.5) is 0 Å². The number of carbonyl (C=O) groups is 3. The summed E-state index contributed by atoms with van der Waals surface area (Å²) in [5, 5.41) is 0. The van der Waals surface area contributed by atoms with E-state index in [1.54, 1.807) is 0 Å². The molecule has 0 aliphatic carbocycles. The lowest BCUT2D eigenvalue weighted by atomic mass is 10.0. The Morgan fingerprint density at radius 3 is 1.05 bits per heavy atom. The van der Waals surface area contributed by atoms with E-state index in [4.69, 9.17) is 14.2 Å². The smallest absolute Gasteiger partial charge is 0.306 e. The molecule has 1 unspecified atom stereocenters. The van der Waals surface area contributed by atoms with Gasteiger partial charge >= 0.3 is 17.9 Å². The van der Waals surface area contributed by atoms with E-state index < -0.39 is 6.10 Å². The second-order valence-electron chi connectivity index (χ2n) is 15.6. The van der Waals surface area contributed by atoms with Crippen molar-refractivity contribution in [1.29, 1.82) is 0 Å². The van der Waals surface area contributed by atoms with E-state index in [2.05, 4.69) is 93.7 Å². The van der Waals surface area contributed by atoms with Crippen LogP contribution in [0.5, 0.6) is 0 Å². The van der Waals surface area contributed by atoms with Crippen molar-refractivity contribution in [3.05, 3.63) is 72.9 Å². The standard InChI is InChI=1S/C52H88O6/c1-4-7-10-13-16-19-22-25-26-27-28-31-33-36-39-42-45-51(54)57-48-49(58-52(55)46-43-40-37-34-30-24-21-18-15-12-9-6-3)47-56-50(53)44-41-38-35-32-29-23-20-17-14-11-8-5-2/h8-9,11-12,17-18,20-21,29-30,32,34,49H,4-7,10,13-16,19,22-28,31,33,35-48H2,1-3H3/b11-8-,12-9-,20-17-,21-18-,32-29-,34-30-. The molecule has 6 nitrogen and oxygen atoms in total. The van der Waals surface area contributed by atoms with Gasteiger partial charge in [-0.2, -0.15) is 0 Å². The summed E-state index contributed by atoms with van der Waals surface area (Å²) in [5.74, 6) is -0.985. The molecule has 0 N–H and O–H groups in total. The van der Waals surface area contributed by atoms with Crippen LogP contribution in [0.1, 0.15) is 220 Å². The molecular weight excluding hydrogens is 721 g/mol. The van der Waals surface area contributed by atoms with Crippen LogP contribution < -0.4 is 0 Å². The van der Waals surface area contributed by atoms with Crippen molar-refractivity contribution in [2.24, 2.45) is 0 Å². The normalized spacial score (nSPS) is 12.7. The first-order chi connectivity index (χ1) is 28.5. The molecule has 0 fully saturated rings. The van der Waals surface area contributed by atoms with Gasteiger partial charge in [-0.3, -0.25) is 14.4 Å². The lowest BCUT2D eigenvalue weighted by Gasteiger charge is -2.18. The summed E-state index contributed by atoms with van der Waals surface area (Å²) < 4.78 is 16.7. The number of rotatable bonds is 42. The molecule has 0 saturated carbocycles. The number of unbranched alkanes of at least 4 members (excludes halogenated alkanes) is 19. The van der Waals surface area contributed by atoms with E-state index in [-0.39, 0.29) is 37.5 Å². The number of allylic oxidation sites excluding steroid dienone is 12. The molecule has 0 aromatic rings. The molecule has 0 radical (unpaired) electrons. The van der Waals surface area contributed by atoms with Gasteiger partial charge in [-0.1, -0.05) is 190 Å². The maximum Gasteiger partial charge on any atom is 0.306 e. The van der Waals surface area contributed by atoms with E-state index in [0.717, 1.165) is 89.9 Å². The number of ether oxygens (including phenoxy) is 3. The highest BCUT2D eigenvalue weighted by atomic mass is 16.6. The molecule has 332 valence electrons. The van der Waals surface area contributed by atoms with Gasteiger partial charge in [0, 0.05) is 19.3 Å². The fourth-order valence-electron chi connectivity index (χ4n) is 6.41. The van der Waals surface area contributed by atoms with Crippen molar-refractivity contribution in [3.8, 4) is 0 Å². The van der Waals surface area contributed by atoms with E-state index in [1.807, 2.05) is 0 Å². The molecule has 0 amide bonds. The zero-order valence-electron chi connectivity index (χ0n) is 37.8. The van der Waals surface area contributed by atoms with Crippen LogP contribution in [0, 0.1) is 0 Å². The molecule has 0 bridgehead atoms. The van der Waals surface area contributed by atoms with Crippen molar-refractivity contribution in [3.63, 3.8) is 0 Å². The Hall–Kier alpha value is -3.15. The molecular formula is C52H88O6. The van der Waals surface area contributed by atoms with Crippen molar-refractivity contribution in [2.75, 3.05) is 13.2 Å². The third-order valence-corrected chi connectivity index (χ3v) is 9.96. The third-order valence-electron chi connectivity index (χ3n) is 9.96. The summed E-state index contributed by atoms with van der Waals surface area (Å²) in [6.45, 7) is 6.33. The van der Waals surface area contributed by atoms with Gasteiger partial charge < -0.3 is 14.2 Å². The summed E-state index contributed by atoms with van der Waals surface area (Å²) >= 11 is 0. The summed E-state index contributed by atoms with van der Waals surface area (Å²) in [6, 6.07) is 0. The first-order valence-corrected chi connectivity index (χ1v) is 23.9. The van der Waals surface area contributed by atoms with E-state index in [0.29, 0.717) is 19.3 Å². The van der Waals surface area contributed by atoms with Gasteiger partial charge in [-0.25, -0.2) is 0 Å². The summed E-state index contributed by atoms with van der Waals surface area (Å²) in [7, 11) is 0. The molecule has 6 heteroatoms. The lowest BCUT2D eigenvalue weighted by Crippen LogP contribution is -2.30. The number of carbonyl (C=O) groups excluding carboxylic acids is 3. The van der Waals surface area contributed by atoms with Gasteiger partial charge in [-0.15, -0.1) is 0 Å². The van der Waals surface area contributed by atoms with Gasteiger partial charge in [0.2, 0.25) is 0 Å². The largest absolute Gasteiger partial charge is 0.462 e. The predicted molar refractivity (Wildman–Crippen MR) is 247 cm³/mol. The minimum atomic E-state index is -0.807. The Morgan fingerprint density at radius 2 is 0.672 bits per heavy atom. The third kappa shape index (κ3) is 44.0. The average Bonchev–Trinajstić information content (AvgIpc) is 3.22. The fraction of sp³-hybridized carbons (Fsp3) is 0.712. The highest BCUT2D eigenvalue weighted by Crippen LogP contribution is 2.15. The second-order valence-corrected chi connectivity index (χ2v) is 15.6. The van der Waals surface area contributed by atoms with Crippen molar-refractivity contribution in [1.82, 2.24) is 0 Å².